The highest BCUT2D eigenvalue weighted by Gasteiger charge is 2.05. The van der Waals surface area contributed by atoms with Gasteiger partial charge in [-0.15, -0.1) is 11.3 Å². The van der Waals surface area contributed by atoms with Crippen molar-refractivity contribution in [1.29, 1.82) is 0 Å². The van der Waals surface area contributed by atoms with E-state index in [1.54, 1.807) is 24.6 Å². The zero-order chi connectivity index (χ0) is 11.3. The fraction of sp³-hybridized carbons (Fsp3) is 0.200. The average molecular weight is 225 g/mol. The van der Waals surface area contributed by atoms with Crippen molar-refractivity contribution in [2.75, 3.05) is 14.2 Å². The molecule has 0 aliphatic heterocycles. The lowest BCUT2D eigenvalue weighted by atomic mass is 10.3. The number of nitrogens with one attached hydrogen (secondary N) is 1. The summed E-state index contributed by atoms with van der Waals surface area (Å²) in [4.78, 5) is 22.6. The van der Waals surface area contributed by atoms with Crippen LogP contribution in [0.2, 0.25) is 0 Å². The Morgan fingerprint density at radius 2 is 2.27 bits per heavy atom. The average Bonchev–Trinajstić information content (AvgIpc) is 2.73. The van der Waals surface area contributed by atoms with Crippen molar-refractivity contribution >= 4 is 29.3 Å². The van der Waals surface area contributed by atoms with E-state index in [-0.39, 0.29) is 5.91 Å². The molecule has 1 N–H and O–H groups in total. The fourth-order valence-electron chi connectivity index (χ4n) is 0.913. The molecule has 1 heterocycles. The van der Waals surface area contributed by atoms with Gasteiger partial charge in [-0.1, -0.05) is 0 Å². The molecule has 1 amide bonds. The van der Waals surface area contributed by atoms with E-state index >= 15 is 0 Å². The van der Waals surface area contributed by atoms with Gasteiger partial charge in [-0.25, -0.2) is 4.79 Å². The lowest BCUT2D eigenvalue weighted by Gasteiger charge is -1.91. The minimum atomic E-state index is -0.414. The van der Waals surface area contributed by atoms with Gasteiger partial charge in [0.05, 0.1) is 12.0 Å². The van der Waals surface area contributed by atoms with Gasteiger partial charge in [0.15, 0.2) is 0 Å². The molecule has 1 aromatic heterocycles. The molecule has 0 saturated heterocycles. The van der Waals surface area contributed by atoms with Gasteiger partial charge in [-0.3, -0.25) is 4.79 Å². The Morgan fingerprint density at radius 3 is 2.87 bits per heavy atom. The van der Waals surface area contributed by atoms with Crippen molar-refractivity contribution in [3.63, 3.8) is 0 Å². The quantitative estimate of drug-likeness (QED) is 0.623. The summed E-state index contributed by atoms with van der Waals surface area (Å²) in [7, 11) is 2.89. The van der Waals surface area contributed by atoms with Gasteiger partial charge < -0.3 is 10.1 Å². The van der Waals surface area contributed by atoms with E-state index < -0.39 is 5.97 Å². The SMILES string of the molecule is CNC(=O)c1cc(C=CC(=O)OC)cs1. The van der Waals surface area contributed by atoms with Crippen LogP contribution in [-0.4, -0.2) is 26.0 Å². The number of amides is 1. The van der Waals surface area contributed by atoms with Crippen molar-refractivity contribution in [1.82, 2.24) is 5.32 Å². The molecule has 0 fully saturated rings. The Bertz CT molecular complexity index is 395. The van der Waals surface area contributed by atoms with E-state index in [0.29, 0.717) is 4.88 Å². The molecule has 0 spiro atoms. The smallest absolute Gasteiger partial charge is 0.330 e. The fourth-order valence-corrected chi connectivity index (χ4v) is 1.74. The molecule has 0 aliphatic carbocycles. The molecule has 0 radical (unpaired) electrons. The third kappa shape index (κ3) is 3.21. The van der Waals surface area contributed by atoms with E-state index in [0.717, 1.165) is 5.56 Å². The van der Waals surface area contributed by atoms with E-state index in [4.69, 9.17) is 0 Å². The van der Waals surface area contributed by atoms with Gasteiger partial charge in [0, 0.05) is 13.1 Å². The summed E-state index contributed by atoms with van der Waals surface area (Å²) in [6.45, 7) is 0. The summed E-state index contributed by atoms with van der Waals surface area (Å²) in [6.07, 6.45) is 2.92. The Labute approximate surface area is 91.6 Å². The molecule has 4 nitrogen and oxygen atoms in total. The van der Waals surface area contributed by atoms with Crippen molar-refractivity contribution in [3.05, 3.63) is 28.0 Å². The third-order valence-corrected chi connectivity index (χ3v) is 2.63. The molecule has 5 heteroatoms. The number of hydrogen-bond acceptors (Lipinski definition) is 4. The molecular weight excluding hydrogens is 214 g/mol. The maximum atomic E-state index is 11.2. The van der Waals surface area contributed by atoms with E-state index in [2.05, 4.69) is 10.1 Å². The van der Waals surface area contributed by atoms with Crippen molar-refractivity contribution in [3.8, 4) is 0 Å². The summed E-state index contributed by atoms with van der Waals surface area (Å²) in [5.41, 5.74) is 0.809. The van der Waals surface area contributed by atoms with Crippen molar-refractivity contribution in [2.45, 2.75) is 0 Å². The normalized spacial score (nSPS) is 10.3. The largest absolute Gasteiger partial charge is 0.466 e. The minimum absolute atomic E-state index is 0.127. The molecule has 80 valence electrons. The highest BCUT2D eigenvalue weighted by molar-refractivity contribution is 7.12. The van der Waals surface area contributed by atoms with Crippen LogP contribution in [0.3, 0.4) is 0 Å². The molecule has 0 bridgehead atoms. The highest BCUT2D eigenvalue weighted by Crippen LogP contribution is 2.15. The Balaban J connectivity index is 2.72. The van der Waals surface area contributed by atoms with Gasteiger partial charge in [0.1, 0.15) is 0 Å². The first-order chi connectivity index (χ1) is 7.17. The van der Waals surface area contributed by atoms with Crippen LogP contribution in [0, 0.1) is 0 Å². The van der Waals surface area contributed by atoms with Crippen LogP contribution < -0.4 is 5.32 Å². The molecule has 0 aromatic carbocycles. The number of esters is 1. The third-order valence-electron chi connectivity index (χ3n) is 1.68. The summed E-state index contributed by atoms with van der Waals surface area (Å²) in [5.74, 6) is -0.541. The maximum Gasteiger partial charge on any atom is 0.330 e. The van der Waals surface area contributed by atoms with Gasteiger partial charge in [-0.2, -0.15) is 0 Å². The number of rotatable bonds is 3. The Morgan fingerprint density at radius 1 is 1.53 bits per heavy atom. The summed E-state index contributed by atoms with van der Waals surface area (Å²) in [6, 6.07) is 1.71. The monoisotopic (exact) mass is 225 g/mol. The number of methoxy groups -OCH3 is 1. The minimum Gasteiger partial charge on any atom is -0.466 e. The topological polar surface area (TPSA) is 55.4 Å². The molecule has 0 aliphatic rings. The molecule has 1 rings (SSSR count). The predicted octanol–water partition coefficient (Wildman–Crippen LogP) is 1.29. The second-order valence-corrected chi connectivity index (χ2v) is 3.59. The predicted molar refractivity (Wildman–Crippen MR) is 58.8 cm³/mol. The van der Waals surface area contributed by atoms with E-state index in [9.17, 15) is 9.59 Å². The zero-order valence-electron chi connectivity index (χ0n) is 8.44. The molecule has 0 atom stereocenters. The van der Waals surface area contributed by atoms with Gasteiger partial charge in [0.25, 0.3) is 5.91 Å². The zero-order valence-corrected chi connectivity index (χ0v) is 9.26. The first-order valence-electron chi connectivity index (χ1n) is 4.24. The van der Waals surface area contributed by atoms with E-state index in [1.807, 2.05) is 0 Å². The molecule has 15 heavy (non-hydrogen) atoms. The first kappa shape index (κ1) is 11.5. The van der Waals surface area contributed by atoms with Crippen LogP contribution >= 0.6 is 11.3 Å². The Kier molecular flexibility index (Phi) is 4.05. The molecule has 0 unspecified atom stereocenters. The van der Waals surface area contributed by atoms with Crippen LogP contribution in [0.1, 0.15) is 15.2 Å². The molecule has 0 saturated carbocycles. The van der Waals surface area contributed by atoms with Crippen molar-refractivity contribution in [2.24, 2.45) is 0 Å². The van der Waals surface area contributed by atoms with Gasteiger partial charge in [-0.05, 0) is 23.1 Å². The van der Waals surface area contributed by atoms with Gasteiger partial charge in [0.2, 0.25) is 0 Å². The maximum absolute atomic E-state index is 11.2. The number of thiophene rings is 1. The summed E-state index contributed by atoms with van der Waals surface area (Å²) < 4.78 is 4.45. The van der Waals surface area contributed by atoms with Gasteiger partial charge >= 0.3 is 5.97 Å². The summed E-state index contributed by atoms with van der Waals surface area (Å²) >= 11 is 1.33. The van der Waals surface area contributed by atoms with E-state index in [1.165, 1.54) is 24.5 Å². The lowest BCUT2D eigenvalue weighted by Crippen LogP contribution is -2.15. The second-order valence-electron chi connectivity index (χ2n) is 2.68. The lowest BCUT2D eigenvalue weighted by molar-refractivity contribution is -0.134. The summed E-state index contributed by atoms with van der Waals surface area (Å²) in [5, 5.41) is 4.32. The number of carbonyl (C=O) groups is 2. The molecular formula is C10H11NO3S. The van der Waals surface area contributed by atoms with Crippen LogP contribution in [0.5, 0.6) is 0 Å². The van der Waals surface area contributed by atoms with Crippen LogP contribution in [-0.2, 0) is 9.53 Å². The Hall–Kier alpha value is -1.62. The van der Waals surface area contributed by atoms with Crippen LogP contribution in [0.4, 0.5) is 0 Å². The number of ether oxygens (including phenoxy) is 1. The van der Waals surface area contributed by atoms with Crippen molar-refractivity contribution < 1.29 is 14.3 Å². The highest BCUT2D eigenvalue weighted by atomic mass is 32.1. The van der Waals surface area contributed by atoms with Crippen LogP contribution in [0.25, 0.3) is 6.08 Å². The van der Waals surface area contributed by atoms with Crippen LogP contribution in [0.15, 0.2) is 17.5 Å². The second kappa shape index (κ2) is 5.31. The standard InChI is InChI=1S/C10H11NO3S/c1-11-10(13)8-5-7(6-15-8)3-4-9(12)14-2/h3-6H,1-2H3,(H,11,13). The first-order valence-corrected chi connectivity index (χ1v) is 5.12. The molecule has 1 aromatic rings. The number of carbonyl (C=O) groups excluding carboxylic acids is 2. The number of hydrogen-bond donors (Lipinski definition) is 1.